The summed E-state index contributed by atoms with van der Waals surface area (Å²) in [5.74, 6) is 0.373. The highest BCUT2D eigenvalue weighted by atomic mass is 19.4. The van der Waals surface area contributed by atoms with Crippen molar-refractivity contribution in [1.29, 1.82) is 0 Å². The first-order valence-corrected chi connectivity index (χ1v) is 7.50. The second-order valence-corrected chi connectivity index (χ2v) is 5.20. The SMILES string of the molecule is COc1cc(C(=O)/C=C/c2ccccc2C(F)(F)F)cc(OC)c1OC. The Hall–Kier alpha value is -2.96. The molecule has 0 saturated heterocycles. The number of hydrogen-bond donors (Lipinski definition) is 0. The Labute approximate surface area is 148 Å². The zero-order valence-corrected chi connectivity index (χ0v) is 14.4. The van der Waals surface area contributed by atoms with E-state index < -0.39 is 17.5 Å². The topological polar surface area (TPSA) is 44.8 Å². The van der Waals surface area contributed by atoms with E-state index in [0.29, 0.717) is 5.75 Å². The number of ether oxygens (including phenoxy) is 3. The highest BCUT2D eigenvalue weighted by Crippen LogP contribution is 2.38. The smallest absolute Gasteiger partial charge is 0.416 e. The van der Waals surface area contributed by atoms with Crippen LogP contribution in [0.2, 0.25) is 0 Å². The average Bonchev–Trinajstić information content (AvgIpc) is 2.64. The predicted octanol–water partition coefficient (Wildman–Crippen LogP) is 4.63. The van der Waals surface area contributed by atoms with Crippen molar-refractivity contribution in [3.8, 4) is 17.2 Å². The van der Waals surface area contributed by atoms with Crippen LogP contribution in [0.3, 0.4) is 0 Å². The van der Waals surface area contributed by atoms with Gasteiger partial charge in [-0.05, 0) is 29.8 Å². The molecule has 0 aliphatic heterocycles. The summed E-state index contributed by atoms with van der Waals surface area (Å²) in [7, 11) is 4.23. The molecule has 0 radical (unpaired) electrons. The molecule has 2 aromatic rings. The fourth-order valence-electron chi connectivity index (χ4n) is 2.39. The molecule has 4 nitrogen and oxygen atoms in total. The third kappa shape index (κ3) is 4.17. The molecule has 0 amide bonds. The van der Waals surface area contributed by atoms with Crippen LogP contribution in [0.5, 0.6) is 17.2 Å². The monoisotopic (exact) mass is 366 g/mol. The Morgan fingerprint density at radius 1 is 0.962 bits per heavy atom. The van der Waals surface area contributed by atoms with Gasteiger partial charge in [0.05, 0.1) is 26.9 Å². The molecule has 0 atom stereocenters. The number of halogens is 3. The summed E-state index contributed by atoms with van der Waals surface area (Å²) in [4.78, 5) is 12.4. The van der Waals surface area contributed by atoms with Crippen molar-refractivity contribution >= 4 is 11.9 Å². The summed E-state index contributed by atoms with van der Waals surface area (Å²) < 4.78 is 54.5. The molecule has 0 aliphatic carbocycles. The molecule has 0 saturated carbocycles. The largest absolute Gasteiger partial charge is 0.493 e. The van der Waals surface area contributed by atoms with Crippen molar-refractivity contribution in [2.75, 3.05) is 21.3 Å². The van der Waals surface area contributed by atoms with Gasteiger partial charge in [-0.15, -0.1) is 0 Å². The van der Waals surface area contributed by atoms with Crippen molar-refractivity contribution in [2.45, 2.75) is 6.18 Å². The normalized spacial score (nSPS) is 11.5. The van der Waals surface area contributed by atoms with E-state index in [0.717, 1.165) is 18.2 Å². The minimum Gasteiger partial charge on any atom is -0.493 e. The lowest BCUT2D eigenvalue weighted by atomic mass is 10.0. The summed E-state index contributed by atoms with van der Waals surface area (Å²) in [6.45, 7) is 0. The van der Waals surface area contributed by atoms with E-state index in [-0.39, 0.29) is 22.6 Å². The number of methoxy groups -OCH3 is 3. The number of alkyl halides is 3. The number of benzene rings is 2. The van der Waals surface area contributed by atoms with Crippen LogP contribution >= 0.6 is 0 Å². The number of carbonyl (C=O) groups is 1. The van der Waals surface area contributed by atoms with E-state index in [1.54, 1.807) is 0 Å². The third-order valence-electron chi connectivity index (χ3n) is 3.63. The van der Waals surface area contributed by atoms with Crippen LogP contribution in [-0.2, 0) is 6.18 Å². The van der Waals surface area contributed by atoms with Crippen molar-refractivity contribution < 1.29 is 32.2 Å². The van der Waals surface area contributed by atoms with Crippen LogP contribution in [-0.4, -0.2) is 27.1 Å². The molecule has 0 spiro atoms. The van der Waals surface area contributed by atoms with Crippen molar-refractivity contribution in [2.24, 2.45) is 0 Å². The molecule has 0 fully saturated rings. The predicted molar refractivity (Wildman–Crippen MR) is 90.9 cm³/mol. The first-order chi connectivity index (χ1) is 12.3. The van der Waals surface area contributed by atoms with Gasteiger partial charge >= 0.3 is 6.18 Å². The molecule has 138 valence electrons. The summed E-state index contributed by atoms with van der Waals surface area (Å²) in [5.41, 5.74) is -0.713. The zero-order valence-electron chi connectivity index (χ0n) is 14.4. The molecule has 0 unspecified atom stereocenters. The lowest BCUT2D eigenvalue weighted by molar-refractivity contribution is -0.137. The molecule has 2 rings (SSSR count). The number of ketones is 1. The van der Waals surface area contributed by atoms with Gasteiger partial charge in [-0.1, -0.05) is 24.3 Å². The minimum atomic E-state index is -4.50. The van der Waals surface area contributed by atoms with Gasteiger partial charge in [-0.3, -0.25) is 4.79 Å². The third-order valence-corrected chi connectivity index (χ3v) is 3.63. The fraction of sp³-hybridized carbons (Fsp3) is 0.211. The lowest BCUT2D eigenvalue weighted by Gasteiger charge is -2.13. The van der Waals surface area contributed by atoms with Crippen LogP contribution in [0.25, 0.3) is 6.08 Å². The van der Waals surface area contributed by atoms with Gasteiger partial charge in [-0.25, -0.2) is 0 Å². The van der Waals surface area contributed by atoms with E-state index in [4.69, 9.17) is 14.2 Å². The average molecular weight is 366 g/mol. The second-order valence-electron chi connectivity index (χ2n) is 5.20. The molecule has 7 heteroatoms. The fourth-order valence-corrected chi connectivity index (χ4v) is 2.39. The Morgan fingerprint density at radius 3 is 2.04 bits per heavy atom. The van der Waals surface area contributed by atoms with E-state index in [1.165, 1.54) is 51.7 Å². The molecule has 0 bridgehead atoms. The zero-order chi connectivity index (χ0) is 19.3. The Morgan fingerprint density at radius 2 is 1.54 bits per heavy atom. The Kier molecular flexibility index (Phi) is 5.92. The molecule has 0 aromatic heterocycles. The van der Waals surface area contributed by atoms with E-state index in [9.17, 15) is 18.0 Å². The molecular weight excluding hydrogens is 349 g/mol. The maximum Gasteiger partial charge on any atom is 0.416 e. The number of allylic oxidation sites excluding steroid dienone is 1. The van der Waals surface area contributed by atoms with Crippen molar-refractivity contribution in [3.05, 3.63) is 59.2 Å². The van der Waals surface area contributed by atoms with Gasteiger partial charge in [0.15, 0.2) is 17.3 Å². The van der Waals surface area contributed by atoms with E-state index in [2.05, 4.69) is 0 Å². The molecule has 0 heterocycles. The Balaban J connectivity index is 2.38. The summed E-state index contributed by atoms with van der Waals surface area (Å²) in [6.07, 6.45) is -2.30. The first kappa shape index (κ1) is 19.4. The molecule has 0 N–H and O–H groups in total. The van der Waals surface area contributed by atoms with Gasteiger partial charge in [0.25, 0.3) is 0 Å². The minimum absolute atomic E-state index is 0.0965. The molecular formula is C19H17F3O4. The summed E-state index contributed by atoms with van der Waals surface area (Å²) in [6, 6.07) is 7.89. The summed E-state index contributed by atoms with van der Waals surface area (Å²) >= 11 is 0. The number of rotatable bonds is 6. The first-order valence-electron chi connectivity index (χ1n) is 7.50. The molecule has 0 aliphatic rings. The highest BCUT2D eigenvalue weighted by Gasteiger charge is 2.32. The van der Waals surface area contributed by atoms with Crippen LogP contribution < -0.4 is 14.2 Å². The maximum absolute atomic E-state index is 13.0. The van der Waals surface area contributed by atoms with Crippen LogP contribution in [0.1, 0.15) is 21.5 Å². The van der Waals surface area contributed by atoms with Gasteiger partial charge in [0, 0.05) is 5.56 Å². The highest BCUT2D eigenvalue weighted by molar-refractivity contribution is 6.07. The molecule has 2 aromatic carbocycles. The van der Waals surface area contributed by atoms with Crippen molar-refractivity contribution in [3.63, 3.8) is 0 Å². The quantitative estimate of drug-likeness (QED) is 0.552. The van der Waals surface area contributed by atoms with Crippen molar-refractivity contribution in [1.82, 2.24) is 0 Å². The van der Waals surface area contributed by atoms with Gasteiger partial charge < -0.3 is 14.2 Å². The molecule has 26 heavy (non-hydrogen) atoms. The Bertz CT molecular complexity index is 801. The van der Waals surface area contributed by atoms with Crippen LogP contribution in [0.15, 0.2) is 42.5 Å². The van der Waals surface area contributed by atoms with E-state index >= 15 is 0 Å². The van der Waals surface area contributed by atoms with Gasteiger partial charge in [-0.2, -0.15) is 13.2 Å². The van der Waals surface area contributed by atoms with Crippen LogP contribution in [0, 0.1) is 0 Å². The number of carbonyl (C=O) groups excluding carboxylic acids is 1. The lowest BCUT2D eigenvalue weighted by Crippen LogP contribution is -2.07. The number of hydrogen-bond acceptors (Lipinski definition) is 4. The van der Waals surface area contributed by atoms with Crippen LogP contribution in [0.4, 0.5) is 13.2 Å². The standard InChI is InChI=1S/C19H17F3O4/c1-24-16-10-13(11-17(25-2)18(16)26-3)15(23)9-8-12-6-4-5-7-14(12)19(20,21)22/h4-11H,1-3H3/b9-8+. The summed E-state index contributed by atoms with van der Waals surface area (Å²) in [5, 5.41) is 0. The second kappa shape index (κ2) is 7.95. The van der Waals surface area contributed by atoms with E-state index in [1.807, 2.05) is 0 Å². The van der Waals surface area contributed by atoms with Gasteiger partial charge in [0.1, 0.15) is 0 Å². The van der Waals surface area contributed by atoms with Gasteiger partial charge in [0.2, 0.25) is 5.75 Å². The maximum atomic E-state index is 13.0.